The van der Waals surface area contributed by atoms with E-state index >= 15 is 0 Å². The van der Waals surface area contributed by atoms with Gasteiger partial charge in [-0.3, -0.25) is 14.6 Å². The van der Waals surface area contributed by atoms with Gasteiger partial charge in [0.15, 0.2) is 0 Å². The van der Waals surface area contributed by atoms with Gasteiger partial charge in [-0.2, -0.15) is 0 Å². The van der Waals surface area contributed by atoms with Crippen molar-refractivity contribution in [1.29, 1.82) is 0 Å². The summed E-state index contributed by atoms with van der Waals surface area (Å²) in [5.74, 6) is -0.893. The SMILES string of the molecule is CC(C)C(NC(=O)OC(C)(C)C)C(=O)N1CCCC1C(=O)NC(CO)c1ccc(-c2ccncc2Cl)cc1. The number of hydrogen-bond donors (Lipinski definition) is 3. The molecule has 1 aliphatic rings. The minimum Gasteiger partial charge on any atom is -0.444 e. The van der Waals surface area contributed by atoms with E-state index < -0.39 is 29.8 Å². The monoisotopic (exact) mass is 544 g/mol. The summed E-state index contributed by atoms with van der Waals surface area (Å²) in [4.78, 5) is 44.6. The van der Waals surface area contributed by atoms with Crippen LogP contribution in [0, 0.1) is 5.92 Å². The van der Waals surface area contributed by atoms with Crippen LogP contribution in [-0.4, -0.2) is 63.7 Å². The Hall–Kier alpha value is -3.17. The highest BCUT2D eigenvalue weighted by Crippen LogP contribution is 2.28. The first-order valence-electron chi connectivity index (χ1n) is 12.8. The Morgan fingerprint density at radius 2 is 1.84 bits per heavy atom. The Morgan fingerprint density at radius 1 is 1.16 bits per heavy atom. The lowest BCUT2D eigenvalue weighted by molar-refractivity contribution is -0.141. The van der Waals surface area contributed by atoms with E-state index in [1.807, 2.05) is 44.2 Å². The standard InChI is InChI=1S/C28H37ClN4O5/c1-17(2)24(32-27(37)38-28(3,4)5)26(36)33-14-6-7-23(33)25(35)31-22(16-34)19-10-8-18(9-11-19)20-12-13-30-15-21(20)29/h8-13,15,17,22-24,34H,6-7,14,16H2,1-5H3,(H,31,35)(H,32,37). The molecule has 0 bridgehead atoms. The number of ether oxygens (including phenoxy) is 1. The maximum absolute atomic E-state index is 13.4. The fourth-order valence-electron chi connectivity index (χ4n) is 4.44. The third-order valence-corrected chi connectivity index (χ3v) is 6.64. The van der Waals surface area contributed by atoms with Crippen molar-refractivity contribution in [3.63, 3.8) is 0 Å². The second-order valence-corrected chi connectivity index (χ2v) is 11.2. The molecule has 0 saturated carbocycles. The van der Waals surface area contributed by atoms with Crippen molar-refractivity contribution in [3.8, 4) is 11.1 Å². The zero-order valence-corrected chi connectivity index (χ0v) is 23.3. The highest BCUT2D eigenvalue weighted by atomic mass is 35.5. The number of aliphatic hydroxyl groups is 1. The lowest BCUT2D eigenvalue weighted by atomic mass is 10.0. The number of benzene rings is 1. The maximum atomic E-state index is 13.4. The van der Waals surface area contributed by atoms with Crippen LogP contribution in [0.4, 0.5) is 4.79 Å². The summed E-state index contributed by atoms with van der Waals surface area (Å²) < 4.78 is 5.33. The molecule has 2 aromatic rings. The van der Waals surface area contributed by atoms with E-state index in [9.17, 15) is 19.5 Å². The van der Waals surface area contributed by atoms with Crippen molar-refractivity contribution in [1.82, 2.24) is 20.5 Å². The first-order valence-corrected chi connectivity index (χ1v) is 13.2. The third-order valence-electron chi connectivity index (χ3n) is 6.34. The second kappa shape index (κ2) is 12.6. The molecule has 1 aliphatic heterocycles. The van der Waals surface area contributed by atoms with Gasteiger partial charge in [0.25, 0.3) is 0 Å². The summed E-state index contributed by atoms with van der Waals surface area (Å²) in [6, 6.07) is 7.01. The molecule has 3 N–H and O–H groups in total. The third kappa shape index (κ3) is 7.45. The number of nitrogens with zero attached hydrogens (tertiary/aromatic N) is 2. The Kier molecular flexibility index (Phi) is 9.73. The van der Waals surface area contributed by atoms with Crippen LogP contribution in [0.25, 0.3) is 11.1 Å². The van der Waals surface area contributed by atoms with E-state index in [0.717, 1.165) is 16.7 Å². The summed E-state index contributed by atoms with van der Waals surface area (Å²) in [7, 11) is 0. The normalized spacial score (nSPS) is 17.2. The van der Waals surface area contributed by atoms with Gasteiger partial charge in [-0.25, -0.2) is 4.79 Å². The van der Waals surface area contributed by atoms with E-state index in [2.05, 4.69) is 15.6 Å². The molecule has 38 heavy (non-hydrogen) atoms. The molecule has 1 fully saturated rings. The quantitative estimate of drug-likeness (QED) is 0.460. The summed E-state index contributed by atoms with van der Waals surface area (Å²) >= 11 is 6.24. The summed E-state index contributed by atoms with van der Waals surface area (Å²) in [5, 5.41) is 16.1. The number of halogens is 1. The average molecular weight is 545 g/mol. The molecule has 1 saturated heterocycles. The molecule has 0 radical (unpaired) electrons. The van der Waals surface area contributed by atoms with Gasteiger partial charge < -0.3 is 25.4 Å². The number of carbonyl (C=O) groups is 3. The molecule has 3 unspecified atom stereocenters. The predicted molar refractivity (Wildman–Crippen MR) is 145 cm³/mol. The molecule has 1 aromatic carbocycles. The highest BCUT2D eigenvalue weighted by Gasteiger charge is 2.39. The smallest absolute Gasteiger partial charge is 0.408 e. The number of amides is 3. The number of likely N-dealkylation sites (tertiary alicyclic amines) is 1. The van der Waals surface area contributed by atoms with Crippen LogP contribution >= 0.6 is 11.6 Å². The van der Waals surface area contributed by atoms with Crippen LogP contribution in [0.1, 0.15) is 59.1 Å². The van der Waals surface area contributed by atoms with Crippen LogP contribution < -0.4 is 10.6 Å². The van der Waals surface area contributed by atoms with Crippen LogP contribution in [0.15, 0.2) is 42.7 Å². The molecule has 0 aliphatic carbocycles. The van der Waals surface area contributed by atoms with Gasteiger partial charge in [0, 0.05) is 24.5 Å². The van der Waals surface area contributed by atoms with E-state index in [4.69, 9.17) is 16.3 Å². The Bertz CT molecular complexity index is 1130. The number of carbonyl (C=O) groups excluding carboxylic acids is 3. The van der Waals surface area contributed by atoms with Crippen LogP contribution in [0.3, 0.4) is 0 Å². The molecular formula is C28H37ClN4O5. The second-order valence-electron chi connectivity index (χ2n) is 10.8. The fourth-order valence-corrected chi connectivity index (χ4v) is 4.66. The molecule has 10 heteroatoms. The Labute approximate surface area is 228 Å². The predicted octanol–water partition coefficient (Wildman–Crippen LogP) is 4.09. The molecule has 206 valence electrons. The number of aliphatic hydroxyl groups excluding tert-OH is 1. The van der Waals surface area contributed by atoms with Crippen molar-refractivity contribution < 1.29 is 24.2 Å². The van der Waals surface area contributed by atoms with Gasteiger partial charge >= 0.3 is 6.09 Å². The van der Waals surface area contributed by atoms with Gasteiger partial charge in [-0.05, 0) is 56.7 Å². The van der Waals surface area contributed by atoms with Gasteiger partial charge in [0.05, 0.1) is 17.7 Å². The molecule has 3 rings (SSSR count). The van der Waals surface area contributed by atoms with E-state index in [-0.39, 0.29) is 24.3 Å². The minimum atomic E-state index is -0.834. The summed E-state index contributed by atoms with van der Waals surface area (Å²) in [6.07, 6.45) is 3.71. The molecule has 9 nitrogen and oxygen atoms in total. The fraction of sp³-hybridized carbons (Fsp3) is 0.500. The first kappa shape index (κ1) is 29.4. The van der Waals surface area contributed by atoms with Gasteiger partial charge in [0.1, 0.15) is 17.7 Å². The Morgan fingerprint density at radius 3 is 2.42 bits per heavy atom. The zero-order valence-electron chi connectivity index (χ0n) is 22.5. The van der Waals surface area contributed by atoms with Crippen molar-refractivity contribution in [2.75, 3.05) is 13.2 Å². The number of nitrogens with one attached hydrogen (secondary N) is 2. The van der Waals surface area contributed by atoms with Crippen LogP contribution in [-0.2, 0) is 14.3 Å². The number of aromatic nitrogens is 1. The molecular weight excluding hydrogens is 508 g/mol. The van der Waals surface area contributed by atoms with Gasteiger partial charge in [-0.15, -0.1) is 0 Å². The Balaban J connectivity index is 1.70. The lowest BCUT2D eigenvalue weighted by Crippen LogP contribution is -2.56. The lowest BCUT2D eigenvalue weighted by Gasteiger charge is -2.31. The molecule has 0 spiro atoms. The summed E-state index contributed by atoms with van der Waals surface area (Å²) in [6.45, 7) is 9.00. The van der Waals surface area contributed by atoms with Crippen molar-refractivity contribution in [2.45, 2.75) is 71.2 Å². The van der Waals surface area contributed by atoms with Crippen molar-refractivity contribution >= 4 is 29.5 Å². The zero-order chi connectivity index (χ0) is 28.0. The van der Waals surface area contributed by atoms with Crippen LogP contribution in [0.2, 0.25) is 5.02 Å². The highest BCUT2D eigenvalue weighted by molar-refractivity contribution is 6.33. The van der Waals surface area contributed by atoms with Crippen molar-refractivity contribution in [3.05, 3.63) is 53.3 Å². The maximum Gasteiger partial charge on any atom is 0.408 e. The summed E-state index contributed by atoms with van der Waals surface area (Å²) in [5.41, 5.74) is 1.73. The van der Waals surface area contributed by atoms with E-state index in [1.54, 1.807) is 33.2 Å². The first-order chi connectivity index (χ1) is 17.9. The largest absolute Gasteiger partial charge is 0.444 e. The molecule has 3 amide bonds. The van der Waals surface area contributed by atoms with Crippen molar-refractivity contribution in [2.24, 2.45) is 5.92 Å². The van der Waals surface area contributed by atoms with Crippen LogP contribution in [0.5, 0.6) is 0 Å². The molecule has 1 aromatic heterocycles. The van der Waals surface area contributed by atoms with E-state index in [0.29, 0.717) is 24.4 Å². The van der Waals surface area contributed by atoms with Gasteiger partial charge in [-0.1, -0.05) is 49.7 Å². The topological polar surface area (TPSA) is 121 Å². The number of hydrogen-bond acceptors (Lipinski definition) is 6. The number of rotatable bonds is 8. The molecule has 3 atom stereocenters. The minimum absolute atomic E-state index is 0.211. The van der Waals surface area contributed by atoms with Gasteiger partial charge in [0.2, 0.25) is 11.8 Å². The average Bonchev–Trinajstić information content (AvgIpc) is 3.35. The number of pyridine rings is 1. The van der Waals surface area contributed by atoms with E-state index in [1.165, 1.54) is 4.90 Å². The molecule has 2 heterocycles. The number of alkyl carbamates (subject to hydrolysis) is 1.